The quantitative estimate of drug-likeness (QED) is 0.779. The minimum Gasteiger partial charge on any atom is -0.465 e. The SMILES string of the molecule is CCCN(Cc1cc(CNC(C)C)oc1C)C1CC1. The second kappa shape index (κ2) is 6.58. The first-order chi connectivity index (χ1) is 9.10. The van der Waals surface area contributed by atoms with Crippen molar-refractivity contribution < 1.29 is 4.42 Å². The van der Waals surface area contributed by atoms with Crippen molar-refractivity contribution in [2.75, 3.05) is 6.54 Å². The molecule has 0 spiro atoms. The third-order valence-corrected chi connectivity index (χ3v) is 3.70. The van der Waals surface area contributed by atoms with E-state index in [4.69, 9.17) is 4.42 Å². The molecule has 0 aromatic carbocycles. The molecule has 0 saturated heterocycles. The summed E-state index contributed by atoms with van der Waals surface area (Å²) in [5.41, 5.74) is 1.36. The normalized spacial score (nSPS) is 15.7. The largest absolute Gasteiger partial charge is 0.465 e. The van der Waals surface area contributed by atoms with E-state index in [-0.39, 0.29) is 0 Å². The van der Waals surface area contributed by atoms with E-state index in [2.05, 4.69) is 44.0 Å². The number of furan rings is 1. The summed E-state index contributed by atoms with van der Waals surface area (Å²) < 4.78 is 5.86. The van der Waals surface area contributed by atoms with Crippen LogP contribution in [0.4, 0.5) is 0 Å². The van der Waals surface area contributed by atoms with Crippen LogP contribution in [0.3, 0.4) is 0 Å². The Morgan fingerprint density at radius 3 is 2.74 bits per heavy atom. The molecule has 0 bridgehead atoms. The number of hydrogen-bond acceptors (Lipinski definition) is 3. The average Bonchev–Trinajstić information content (AvgIpc) is 3.13. The molecule has 108 valence electrons. The second-order valence-electron chi connectivity index (χ2n) is 6.03. The Labute approximate surface area is 117 Å². The summed E-state index contributed by atoms with van der Waals surface area (Å²) >= 11 is 0. The minimum atomic E-state index is 0.497. The van der Waals surface area contributed by atoms with E-state index < -0.39 is 0 Å². The van der Waals surface area contributed by atoms with Crippen molar-refractivity contribution in [3.8, 4) is 0 Å². The number of hydrogen-bond donors (Lipinski definition) is 1. The van der Waals surface area contributed by atoms with E-state index in [1.165, 1.54) is 31.4 Å². The molecule has 0 radical (unpaired) electrons. The third-order valence-electron chi connectivity index (χ3n) is 3.70. The molecule has 19 heavy (non-hydrogen) atoms. The van der Waals surface area contributed by atoms with Crippen molar-refractivity contribution in [1.82, 2.24) is 10.2 Å². The maximum atomic E-state index is 5.86. The minimum absolute atomic E-state index is 0.497. The number of rotatable bonds is 8. The van der Waals surface area contributed by atoms with Crippen LogP contribution in [-0.4, -0.2) is 23.5 Å². The van der Waals surface area contributed by atoms with Gasteiger partial charge in [0.05, 0.1) is 6.54 Å². The average molecular weight is 264 g/mol. The molecule has 0 atom stereocenters. The molecule has 2 rings (SSSR count). The Balaban J connectivity index is 1.95. The monoisotopic (exact) mass is 264 g/mol. The van der Waals surface area contributed by atoms with Gasteiger partial charge in [-0.2, -0.15) is 0 Å². The molecule has 0 amide bonds. The van der Waals surface area contributed by atoms with Crippen molar-refractivity contribution in [2.24, 2.45) is 0 Å². The maximum absolute atomic E-state index is 5.86. The molecule has 3 heteroatoms. The van der Waals surface area contributed by atoms with Gasteiger partial charge < -0.3 is 9.73 Å². The molecular formula is C16H28N2O. The lowest BCUT2D eigenvalue weighted by Gasteiger charge is -2.20. The highest BCUT2D eigenvalue weighted by molar-refractivity contribution is 5.21. The Hall–Kier alpha value is -0.800. The van der Waals surface area contributed by atoms with Crippen LogP contribution in [0.5, 0.6) is 0 Å². The van der Waals surface area contributed by atoms with Crippen molar-refractivity contribution in [3.63, 3.8) is 0 Å². The van der Waals surface area contributed by atoms with Crippen LogP contribution in [-0.2, 0) is 13.1 Å². The Bertz CT molecular complexity index is 393. The first kappa shape index (κ1) is 14.6. The van der Waals surface area contributed by atoms with Gasteiger partial charge in [0.2, 0.25) is 0 Å². The zero-order chi connectivity index (χ0) is 13.8. The fraction of sp³-hybridized carbons (Fsp3) is 0.750. The van der Waals surface area contributed by atoms with Crippen molar-refractivity contribution in [3.05, 3.63) is 23.2 Å². The fourth-order valence-electron chi connectivity index (χ4n) is 2.47. The predicted molar refractivity (Wildman–Crippen MR) is 79.1 cm³/mol. The van der Waals surface area contributed by atoms with Crippen LogP contribution in [0.2, 0.25) is 0 Å². The molecule has 1 saturated carbocycles. The highest BCUT2D eigenvalue weighted by atomic mass is 16.3. The molecule has 1 aliphatic rings. The summed E-state index contributed by atoms with van der Waals surface area (Å²) in [6.45, 7) is 11.8. The predicted octanol–water partition coefficient (Wildman–Crippen LogP) is 3.46. The first-order valence-corrected chi connectivity index (χ1v) is 7.65. The maximum Gasteiger partial charge on any atom is 0.118 e. The lowest BCUT2D eigenvalue weighted by atomic mass is 10.2. The molecule has 3 nitrogen and oxygen atoms in total. The van der Waals surface area contributed by atoms with Gasteiger partial charge in [-0.15, -0.1) is 0 Å². The molecule has 1 fully saturated rings. The van der Waals surface area contributed by atoms with Gasteiger partial charge in [-0.05, 0) is 38.8 Å². The van der Waals surface area contributed by atoms with Crippen molar-refractivity contribution in [1.29, 1.82) is 0 Å². The number of nitrogens with zero attached hydrogens (tertiary/aromatic N) is 1. The zero-order valence-corrected chi connectivity index (χ0v) is 12.8. The van der Waals surface area contributed by atoms with Crippen LogP contribution in [0.15, 0.2) is 10.5 Å². The van der Waals surface area contributed by atoms with Gasteiger partial charge in [0.25, 0.3) is 0 Å². The van der Waals surface area contributed by atoms with Crippen molar-refractivity contribution >= 4 is 0 Å². The number of aryl methyl sites for hydroxylation is 1. The Kier molecular flexibility index (Phi) is 5.06. The van der Waals surface area contributed by atoms with Crippen LogP contribution in [0.1, 0.15) is 57.1 Å². The Morgan fingerprint density at radius 2 is 2.16 bits per heavy atom. The molecule has 0 unspecified atom stereocenters. The summed E-state index contributed by atoms with van der Waals surface area (Å²) in [5, 5.41) is 3.41. The summed E-state index contributed by atoms with van der Waals surface area (Å²) in [6, 6.07) is 3.55. The molecule has 1 N–H and O–H groups in total. The Morgan fingerprint density at radius 1 is 1.42 bits per heavy atom. The second-order valence-corrected chi connectivity index (χ2v) is 6.03. The van der Waals surface area contributed by atoms with Crippen molar-refractivity contribution in [2.45, 2.75) is 72.1 Å². The molecule has 1 aromatic heterocycles. The van der Waals surface area contributed by atoms with Crippen LogP contribution >= 0.6 is 0 Å². The third kappa shape index (κ3) is 4.36. The van der Waals surface area contributed by atoms with Gasteiger partial charge in [-0.25, -0.2) is 0 Å². The topological polar surface area (TPSA) is 28.4 Å². The first-order valence-electron chi connectivity index (χ1n) is 7.65. The standard InChI is InChI=1S/C16H28N2O/c1-5-8-18(15-6-7-15)11-14-9-16(19-13(14)4)10-17-12(2)3/h9,12,15,17H,5-8,10-11H2,1-4H3. The van der Waals surface area contributed by atoms with E-state index in [0.29, 0.717) is 6.04 Å². The lowest BCUT2D eigenvalue weighted by molar-refractivity contribution is 0.253. The van der Waals surface area contributed by atoms with Crippen LogP contribution < -0.4 is 5.32 Å². The van der Waals surface area contributed by atoms with Crippen LogP contribution in [0, 0.1) is 6.92 Å². The molecule has 1 heterocycles. The van der Waals surface area contributed by atoms with E-state index >= 15 is 0 Å². The molecule has 1 aromatic rings. The van der Waals surface area contributed by atoms with E-state index in [1.807, 2.05) is 0 Å². The summed E-state index contributed by atoms with van der Waals surface area (Å²) in [4.78, 5) is 2.61. The smallest absolute Gasteiger partial charge is 0.118 e. The van der Waals surface area contributed by atoms with Gasteiger partial charge in [0.15, 0.2) is 0 Å². The van der Waals surface area contributed by atoms with Gasteiger partial charge in [-0.1, -0.05) is 20.8 Å². The zero-order valence-electron chi connectivity index (χ0n) is 12.8. The highest BCUT2D eigenvalue weighted by Crippen LogP contribution is 2.29. The van der Waals surface area contributed by atoms with E-state index in [1.54, 1.807) is 0 Å². The molecule has 1 aliphatic carbocycles. The molecular weight excluding hydrogens is 236 g/mol. The summed E-state index contributed by atoms with van der Waals surface area (Å²) in [6.07, 6.45) is 3.98. The summed E-state index contributed by atoms with van der Waals surface area (Å²) in [5.74, 6) is 2.15. The van der Waals surface area contributed by atoms with Crippen LogP contribution in [0.25, 0.3) is 0 Å². The van der Waals surface area contributed by atoms with Gasteiger partial charge in [0, 0.05) is 24.2 Å². The van der Waals surface area contributed by atoms with Gasteiger partial charge >= 0.3 is 0 Å². The van der Waals surface area contributed by atoms with Gasteiger partial charge in [0.1, 0.15) is 11.5 Å². The highest BCUT2D eigenvalue weighted by Gasteiger charge is 2.28. The van der Waals surface area contributed by atoms with Gasteiger partial charge in [-0.3, -0.25) is 4.90 Å². The summed E-state index contributed by atoms with van der Waals surface area (Å²) in [7, 11) is 0. The number of nitrogens with one attached hydrogen (secondary N) is 1. The van der Waals surface area contributed by atoms with E-state index in [9.17, 15) is 0 Å². The fourth-order valence-corrected chi connectivity index (χ4v) is 2.47. The molecule has 0 aliphatic heterocycles. The lowest BCUT2D eigenvalue weighted by Crippen LogP contribution is -2.26. The van der Waals surface area contributed by atoms with E-state index in [0.717, 1.165) is 30.7 Å².